The number of para-hydroxylation sites is 1. The van der Waals surface area contributed by atoms with Gasteiger partial charge in [-0.15, -0.1) is 0 Å². The molecule has 32 heavy (non-hydrogen) atoms. The Kier molecular flexibility index (Phi) is 8.12. The van der Waals surface area contributed by atoms with Crippen LogP contribution in [0.2, 0.25) is 0 Å². The number of benzene rings is 2. The molecule has 3 aromatic rings. The molecule has 170 valence electrons. The molecule has 2 aromatic carbocycles. The van der Waals surface area contributed by atoms with Crippen molar-refractivity contribution in [2.45, 2.75) is 24.2 Å². The maximum Gasteiger partial charge on any atom is 0.266 e. The number of methoxy groups -OCH3 is 2. The van der Waals surface area contributed by atoms with Crippen LogP contribution in [0, 0.1) is 0 Å². The van der Waals surface area contributed by atoms with Gasteiger partial charge in [-0.1, -0.05) is 42.3 Å². The van der Waals surface area contributed by atoms with Crippen molar-refractivity contribution < 1.29 is 14.3 Å². The molecule has 1 atom stereocenters. The number of hydrogen-bond acceptors (Lipinski definition) is 5. The topological polar surface area (TPSA) is 73.7 Å². The second kappa shape index (κ2) is 10.8. The Bertz CT molecular complexity index is 1130. The Balaban J connectivity index is 2.27. The van der Waals surface area contributed by atoms with Crippen molar-refractivity contribution in [3.63, 3.8) is 0 Å². The van der Waals surface area contributed by atoms with Gasteiger partial charge in [0.05, 0.1) is 36.3 Å². The van der Waals surface area contributed by atoms with Gasteiger partial charge < -0.3 is 14.4 Å². The summed E-state index contributed by atoms with van der Waals surface area (Å²) in [4.78, 5) is 31.5. The fourth-order valence-corrected chi connectivity index (χ4v) is 3.88. The zero-order valence-electron chi connectivity index (χ0n) is 18.1. The first-order chi connectivity index (χ1) is 15.4. The molecule has 0 aliphatic rings. The van der Waals surface area contributed by atoms with Crippen molar-refractivity contribution in [1.29, 1.82) is 0 Å². The normalized spacial score (nSPS) is 12.2. The van der Waals surface area contributed by atoms with Gasteiger partial charge in [-0.25, -0.2) is 4.98 Å². The first-order valence-electron chi connectivity index (χ1n) is 10.2. The lowest BCUT2D eigenvalue weighted by molar-refractivity contribution is -0.132. The Morgan fingerprint density at radius 2 is 1.81 bits per heavy atom. The third kappa shape index (κ3) is 4.90. The van der Waals surface area contributed by atoms with Crippen LogP contribution in [0.15, 0.2) is 53.3 Å². The van der Waals surface area contributed by atoms with Crippen LogP contribution in [0.4, 0.5) is 0 Å². The van der Waals surface area contributed by atoms with Crippen molar-refractivity contribution in [1.82, 2.24) is 14.5 Å². The van der Waals surface area contributed by atoms with E-state index in [2.05, 4.69) is 0 Å². The average molecular weight is 478 g/mol. The molecule has 0 aliphatic carbocycles. The van der Waals surface area contributed by atoms with E-state index in [-0.39, 0.29) is 18.7 Å². The van der Waals surface area contributed by atoms with E-state index in [1.165, 1.54) is 9.47 Å². The monoisotopic (exact) mass is 477 g/mol. The van der Waals surface area contributed by atoms with Crippen molar-refractivity contribution >= 4 is 40.0 Å². The van der Waals surface area contributed by atoms with Crippen LogP contribution in [-0.4, -0.2) is 52.6 Å². The summed E-state index contributed by atoms with van der Waals surface area (Å²) in [6.07, 6.45) is 0.483. The molecule has 3 rings (SSSR count). The summed E-state index contributed by atoms with van der Waals surface area (Å²) in [5.41, 5.74) is 0.916. The predicted octanol–water partition coefficient (Wildman–Crippen LogP) is 4.12. The van der Waals surface area contributed by atoms with E-state index in [0.717, 1.165) is 0 Å². The quantitative estimate of drug-likeness (QED) is 0.433. The molecule has 0 N–H and O–H groups in total. The molecule has 1 amide bonds. The minimum Gasteiger partial charge on any atom is -0.497 e. The Morgan fingerprint density at radius 1 is 1.12 bits per heavy atom. The lowest BCUT2D eigenvalue weighted by Gasteiger charge is -2.32. The van der Waals surface area contributed by atoms with Crippen LogP contribution in [0.1, 0.15) is 25.2 Å². The number of nitrogens with zero attached hydrogens (tertiary/aromatic N) is 3. The summed E-state index contributed by atoms with van der Waals surface area (Å²) >= 11 is 11.9. The molecule has 0 fully saturated rings. The van der Waals surface area contributed by atoms with Crippen molar-refractivity contribution in [2.24, 2.45) is 0 Å². The number of carbonyl (C=O) groups excluding carboxylic acids is 1. The van der Waals surface area contributed by atoms with Crippen LogP contribution in [0.3, 0.4) is 0 Å². The predicted molar refractivity (Wildman–Crippen MR) is 126 cm³/mol. The number of carbonyl (C=O) groups is 1. The number of hydrogen-bond donors (Lipinski definition) is 0. The summed E-state index contributed by atoms with van der Waals surface area (Å²) in [5, 5.41) is 0.476. The van der Waals surface area contributed by atoms with Crippen LogP contribution >= 0.6 is 23.2 Å². The number of alkyl halides is 2. The number of rotatable bonds is 9. The molecule has 0 spiro atoms. The van der Waals surface area contributed by atoms with Crippen molar-refractivity contribution in [3.8, 4) is 11.4 Å². The molecule has 0 bridgehead atoms. The molecule has 0 saturated carbocycles. The van der Waals surface area contributed by atoms with E-state index in [1.807, 2.05) is 13.0 Å². The van der Waals surface area contributed by atoms with Crippen LogP contribution in [0.5, 0.6) is 5.75 Å². The van der Waals surface area contributed by atoms with Gasteiger partial charge in [-0.05, 0) is 42.8 Å². The second-order valence-corrected chi connectivity index (χ2v) is 8.17. The molecular formula is C23H25Cl2N3O4. The second-order valence-electron chi connectivity index (χ2n) is 7.07. The number of fused-ring (bicyclic) bond motifs is 1. The zero-order valence-corrected chi connectivity index (χ0v) is 19.6. The van der Waals surface area contributed by atoms with Gasteiger partial charge in [0.1, 0.15) is 11.6 Å². The average Bonchev–Trinajstić information content (AvgIpc) is 2.81. The summed E-state index contributed by atoms with van der Waals surface area (Å²) in [6, 6.07) is 13.7. The maximum absolute atomic E-state index is 13.6. The Labute approximate surface area is 196 Å². The molecule has 0 aliphatic heterocycles. The molecule has 1 aromatic heterocycles. The van der Waals surface area contributed by atoms with Gasteiger partial charge in [0, 0.05) is 13.7 Å². The van der Waals surface area contributed by atoms with Crippen LogP contribution < -0.4 is 10.3 Å². The smallest absolute Gasteiger partial charge is 0.266 e. The van der Waals surface area contributed by atoms with Gasteiger partial charge in [0.2, 0.25) is 0 Å². The number of ether oxygens (including phenoxy) is 2. The highest BCUT2D eigenvalue weighted by atomic mass is 35.5. The number of halogens is 2. The number of amides is 1. The lowest BCUT2D eigenvalue weighted by Crippen LogP contribution is -2.42. The molecule has 1 unspecified atom stereocenters. The van der Waals surface area contributed by atoms with Gasteiger partial charge in [-0.2, -0.15) is 0 Å². The Morgan fingerprint density at radius 3 is 2.41 bits per heavy atom. The molecule has 7 nitrogen and oxygen atoms in total. The fourth-order valence-electron chi connectivity index (χ4n) is 3.63. The molecule has 0 saturated heterocycles. The summed E-state index contributed by atoms with van der Waals surface area (Å²) in [5.74, 6) is 0.605. The van der Waals surface area contributed by atoms with Gasteiger partial charge in [0.15, 0.2) is 4.84 Å². The Hall–Kier alpha value is -2.61. The SMILES string of the molecule is CCC(c1nc2ccccc2c(=O)n1-c1ccc(OC)cc1)N(CCOC)C(=O)C(Cl)Cl. The fraction of sp³-hybridized carbons (Fsp3) is 0.348. The highest BCUT2D eigenvalue weighted by molar-refractivity contribution is 6.53. The standard InChI is InChI=1S/C23H25Cl2N3O4/c1-4-19(27(13-14-31-2)23(30)20(24)25)21-26-18-8-6-5-7-17(18)22(29)28(21)15-9-11-16(32-3)12-10-15/h5-12,19-20H,4,13-14H2,1-3H3. The van der Waals surface area contributed by atoms with Crippen LogP contribution in [-0.2, 0) is 9.53 Å². The minimum atomic E-state index is -1.25. The van der Waals surface area contributed by atoms with E-state index >= 15 is 0 Å². The molecular weight excluding hydrogens is 453 g/mol. The van der Waals surface area contributed by atoms with E-state index in [1.54, 1.807) is 56.7 Å². The third-order valence-corrected chi connectivity index (χ3v) is 5.57. The van der Waals surface area contributed by atoms with Gasteiger partial charge in [-0.3, -0.25) is 14.2 Å². The highest BCUT2D eigenvalue weighted by Crippen LogP contribution is 2.28. The lowest BCUT2D eigenvalue weighted by atomic mass is 10.1. The van der Waals surface area contributed by atoms with Crippen molar-refractivity contribution in [3.05, 3.63) is 64.7 Å². The van der Waals surface area contributed by atoms with Gasteiger partial charge >= 0.3 is 0 Å². The number of aromatic nitrogens is 2. The maximum atomic E-state index is 13.6. The summed E-state index contributed by atoms with van der Waals surface area (Å²) in [7, 11) is 3.12. The molecule has 1 heterocycles. The largest absolute Gasteiger partial charge is 0.497 e. The zero-order chi connectivity index (χ0) is 23.3. The molecule has 9 heteroatoms. The van der Waals surface area contributed by atoms with Crippen molar-refractivity contribution in [2.75, 3.05) is 27.4 Å². The van der Waals surface area contributed by atoms with Crippen LogP contribution in [0.25, 0.3) is 16.6 Å². The third-order valence-electron chi connectivity index (χ3n) is 5.20. The first-order valence-corrected chi connectivity index (χ1v) is 11.0. The summed E-state index contributed by atoms with van der Waals surface area (Å²) in [6.45, 7) is 2.44. The van der Waals surface area contributed by atoms with E-state index in [0.29, 0.717) is 34.6 Å². The minimum absolute atomic E-state index is 0.235. The van der Waals surface area contributed by atoms with E-state index < -0.39 is 16.8 Å². The first kappa shape index (κ1) is 24.0. The molecule has 0 radical (unpaired) electrons. The van der Waals surface area contributed by atoms with E-state index in [4.69, 9.17) is 37.7 Å². The summed E-state index contributed by atoms with van der Waals surface area (Å²) < 4.78 is 12.0. The van der Waals surface area contributed by atoms with E-state index in [9.17, 15) is 9.59 Å². The highest BCUT2D eigenvalue weighted by Gasteiger charge is 2.31. The van der Waals surface area contributed by atoms with Gasteiger partial charge in [0.25, 0.3) is 11.5 Å².